The summed E-state index contributed by atoms with van der Waals surface area (Å²) < 4.78 is 15.4. The molecule has 1 atom stereocenters. The summed E-state index contributed by atoms with van der Waals surface area (Å²) in [6.45, 7) is 6.26. The SMILES string of the molecule is Cc1nc2c(cnn2C(C)C)cc1C(=O)NC[C@H](c1cccc(F)c1)N(C)C. The van der Waals surface area contributed by atoms with Gasteiger partial charge in [-0.25, -0.2) is 14.1 Å². The van der Waals surface area contributed by atoms with Gasteiger partial charge in [-0.1, -0.05) is 12.1 Å². The fourth-order valence-corrected chi connectivity index (χ4v) is 3.27. The quantitative estimate of drug-likeness (QED) is 0.708. The van der Waals surface area contributed by atoms with Gasteiger partial charge in [0.25, 0.3) is 5.91 Å². The highest BCUT2D eigenvalue weighted by molar-refractivity contribution is 5.98. The van der Waals surface area contributed by atoms with Crippen molar-refractivity contribution >= 4 is 16.9 Å². The number of amides is 1. The molecule has 0 spiro atoms. The molecule has 3 rings (SSSR count). The van der Waals surface area contributed by atoms with E-state index >= 15 is 0 Å². The molecule has 0 aliphatic rings. The molecule has 2 aromatic heterocycles. The molecule has 148 valence electrons. The lowest BCUT2D eigenvalue weighted by Gasteiger charge is -2.25. The van der Waals surface area contributed by atoms with E-state index < -0.39 is 0 Å². The van der Waals surface area contributed by atoms with E-state index in [2.05, 4.69) is 15.4 Å². The molecule has 1 aromatic carbocycles. The van der Waals surface area contributed by atoms with E-state index in [4.69, 9.17) is 0 Å². The number of halogens is 1. The van der Waals surface area contributed by atoms with Crippen molar-refractivity contribution in [3.8, 4) is 0 Å². The van der Waals surface area contributed by atoms with E-state index in [1.807, 2.05) is 56.6 Å². The molecule has 0 radical (unpaired) electrons. The number of nitrogens with zero attached hydrogens (tertiary/aromatic N) is 4. The van der Waals surface area contributed by atoms with E-state index in [0.29, 0.717) is 17.8 Å². The first-order chi connectivity index (χ1) is 13.3. The maximum absolute atomic E-state index is 13.6. The standard InChI is InChI=1S/C21H26FN5O/c1-13(2)27-20-16(11-24-27)10-18(14(3)25-20)21(28)23-12-19(26(4)5)15-7-6-8-17(22)9-15/h6-11,13,19H,12H2,1-5H3,(H,23,28)/t19-/m1/s1. The molecule has 0 bridgehead atoms. The number of likely N-dealkylation sites (N-methyl/N-ethyl adjacent to an activating group) is 1. The summed E-state index contributed by atoms with van der Waals surface area (Å²) in [5, 5.41) is 8.16. The number of hydrogen-bond acceptors (Lipinski definition) is 4. The van der Waals surface area contributed by atoms with Crippen molar-refractivity contribution in [3.05, 3.63) is 59.2 Å². The number of aryl methyl sites for hydroxylation is 1. The number of carbonyl (C=O) groups excluding carboxylic acids is 1. The van der Waals surface area contributed by atoms with Crippen LogP contribution in [0, 0.1) is 12.7 Å². The van der Waals surface area contributed by atoms with Crippen molar-refractivity contribution in [2.24, 2.45) is 0 Å². The highest BCUT2D eigenvalue weighted by atomic mass is 19.1. The molecule has 0 unspecified atom stereocenters. The average molecular weight is 383 g/mol. The zero-order chi connectivity index (χ0) is 20.4. The number of fused-ring (bicyclic) bond motifs is 1. The monoisotopic (exact) mass is 383 g/mol. The van der Waals surface area contributed by atoms with E-state index in [1.54, 1.807) is 12.3 Å². The van der Waals surface area contributed by atoms with Crippen LogP contribution in [0.3, 0.4) is 0 Å². The number of nitrogens with one attached hydrogen (secondary N) is 1. The van der Waals surface area contributed by atoms with Crippen molar-refractivity contribution in [2.75, 3.05) is 20.6 Å². The summed E-state index contributed by atoms with van der Waals surface area (Å²) in [6, 6.07) is 8.32. The molecule has 7 heteroatoms. The molecule has 0 saturated heterocycles. The number of hydrogen-bond donors (Lipinski definition) is 1. The molecule has 3 aromatic rings. The Bertz CT molecular complexity index is 996. The van der Waals surface area contributed by atoms with Crippen molar-refractivity contribution in [2.45, 2.75) is 32.9 Å². The van der Waals surface area contributed by atoms with Crippen LogP contribution < -0.4 is 5.32 Å². The summed E-state index contributed by atoms with van der Waals surface area (Å²) in [5.41, 5.74) is 2.76. The Hall–Kier alpha value is -2.80. The van der Waals surface area contributed by atoms with Gasteiger partial charge in [0.2, 0.25) is 0 Å². The minimum absolute atomic E-state index is 0.139. The molecule has 0 saturated carbocycles. The first-order valence-corrected chi connectivity index (χ1v) is 9.33. The Kier molecular flexibility index (Phi) is 5.74. The molecular weight excluding hydrogens is 357 g/mol. The first kappa shape index (κ1) is 19.9. The lowest BCUT2D eigenvalue weighted by atomic mass is 10.1. The van der Waals surface area contributed by atoms with E-state index in [-0.39, 0.29) is 23.8 Å². The lowest BCUT2D eigenvalue weighted by Crippen LogP contribution is -2.35. The van der Waals surface area contributed by atoms with Crippen LogP contribution in [0.4, 0.5) is 4.39 Å². The smallest absolute Gasteiger partial charge is 0.253 e. The number of benzene rings is 1. The second kappa shape index (κ2) is 8.06. The average Bonchev–Trinajstić information content (AvgIpc) is 3.03. The van der Waals surface area contributed by atoms with Crippen molar-refractivity contribution in [3.63, 3.8) is 0 Å². The van der Waals surface area contributed by atoms with Gasteiger partial charge in [0.1, 0.15) is 5.82 Å². The minimum atomic E-state index is -0.289. The van der Waals surface area contributed by atoms with Gasteiger partial charge in [0.05, 0.1) is 23.5 Å². The highest BCUT2D eigenvalue weighted by Gasteiger charge is 2.19. The fraction of sp³-hybridized carbons (Fsp3) is 0.381. The number of carbonyl (C=O) groups is 1. The zero-order valence-electron chi connectivity index (χ0n) is 16.9. The van der Waals surface area contributed by atoms with Crippen LogP contribution in [0.15, 0.2) is 36.5 Å². The zero-order valence-corrected chi connectivity index (χ0v) is 16.9. The van der Waals surface area contributed by atoms with Gasteiger partial charge in [-0.2, -0.15) is 5.10 Å². The van der Waals surface area contributed by atoms with Crippen LogP contribution in [0.2, 0.25) is 0 Å². The number of aromatic nitrogens is 3. The van der Waals surface area contributed by atoms with Crippen LogP contribution in [0.5, 0.6) is 0 Å². The van der Waals surface area contributed by atoms with Gasteiger partial charge in [-0.3, -0.25) is 4.79 Å². The third kappa shape index (κ3) is 4.04. The molecule has 0 aliphatic heterocycles. The lowest BCUT2D eigenvalue weighted by molar-refractivity contribution is 0.0941. The number of rotatable bonds is 6. The second-order valence-corrected chi connectivity index (χ2v) is 7.46. The minimum Gasteiger partial charge on any atom is -0.350 e. The summed E-state index contributed by atoms with van der Waals surface area (Å²) >= 11 is 0. The topological polar surface area (TPSA) is 63.1 Å². The van der Waals surface area contributed by atoms with Crippen molar-refractivity contribution < 1.29 is 9.18 Å². The predicted octanol–water partition coefficient (Wildman–Crippen LogP) is 3.49. The molecule has 0 aliphatic carbocycles. The summed E-state index contributed by atoms with van der Waals surface area (Å²) in [7, 11) is 3.81. The van der Waals surface area contributed by atoms with Crippen molar-refractivity contribution in [1.29, 1.82) is 0 Å². The maximum Gasteiger partial charge on any atom is 0.253 e. The van der Waals surface area contributed by atoms with E-state index in [1.165, 1.54) is 12.1 Å². The molecule has 0 fully saturated rings. The summed E-state index contributed by atoms with van der Waals surface area (Å²) in [5.74, 6) is -0.490. The van der Waals surface area contributed by atoms with Crippen LogP contribution in [-0.4, -0.2) is 46.2 Å². The molecule has 1 amide bonds. The summed E-state index contributed by atoms with van der Waals surface area (Å²) in [4.78, 5) is 19.3. The van der Waals surface area contributed by atoms with Crippen molar-refractivity contribution in [1.82, 2.24) is 25.0 Å². The highest BCUT2D eigenvalue weighted by Crippen LogP contribution is 2.21. The van der Waals surface area contributed by atoms with Crippen LogP contribution in [0.25, 0.3) is 11.0 Å². The molecule has 28 heavy (non-hydrogen) atoms. The Labute approximate surface area is 164 Å². The van der Waals surface area contributed by atoms with Gasteiger partial charge in [0.15, 0.2) is 5.65 Å². The normalized spacial score (nSPS) is 12.7. The van der Waals surface area contributed by atoms with E-state index in [9.17, 15) is 9.18 Å². The van der Waals surface area contributed by atoms with E-state index in [0.717, 1.165) is 16.6 Å². The van der Waals surface area contributed by atoms with Crippen LogP contribution in [0.1, 0.15) is 47.5 Å². The predicted molar refractivity (Wildman–Crippen MR) is 108 cm³/mol. The van der Waals surface area contributed by atoms with Gasteiger partial charge >= 0.3 is 0 Å². The largest absolute Gasteiger partial charge is 0.350 e. The van der Waals surface area contributed by atoms with Gasteiger partial charge in [0, 0.05) is 18.0 Å². The molecule has 1 N–H and O–H groups in total. The van der Waals surface area contributed by atoms with Gasteiger partial charge < -0.3 is 10.2 Å². The third-order valence-corrected chi connectivity index (χ3v) is 4.81. The van der Waals surface area contributed by atoms with Gasteiger partial charge in [-0.05, 0) is 58.6 Å². The Morgan fingerprint density at radius 2 is 2.04 bits per heavy atom. The first-order valence-electron chi connectivity index (χ1n) is 9.33. The Balaban J connectivity index is 1.81. The Morgan fingerprint density at radius 1 is 1.29 bits per heavy atom. The maximum atomic E-state index is 13.6. The number of pyridine rings is 1. The molecule has 6 nitrogen and oxygen atoms in total. The summed E-state index contributed by atoms with van der Waals surface area (Å²) in [6.07, 6.45) is 1.73. The Morgan fingerprint density at radius 3 is 2.68 bits per heavy atom. The second-order valence-electron chi connectivity index (χ2n) is 7.46. The third-order valence-electron chi connectivity index (χ3n) is 4.81. The molecule has 2 heterocycles. The van der Waals surface area contributed by atoms with Gasteiger partial charge in [-0.15, -0.1) is 0 Å². The molecular formula is C21H26FN5O. The van der Waals surface area contributed by atoms with Crippen LogP contribution >= 0.6 is 0 Å². The fourth-order valence-electron chi connectivity index (χ4n) is 3.27. The van der Waals surface area contributed by atoms with Crippen LogP contribution in [-0.2, 0) is 0 Å².